The highest BCUT2D eigenvalue weighted by Crippen LogP contribution is 2.28. The van der Waals surface area contributed by atoms with Crippen LogP contribution in [0.5, 0.6) is 0 Å². The van der Waals surface area contributed by atoms with E-state index in [1.807, 2.05) is 0 Å². The highest BCUT2D eigenvalue weighted by molar-refractivity contribution is 7.89. The Morgan fingerprint density at radius 2 is 2.11 bits per heavy atom. The van der Waals surface area contributed by atoms with Crippen LogP contribution < -0.4 is 10.0 Å². The third kappa shape index (κ3) is 3.15. The molecule has 0 fully saturated rings. The Morgan fingerprint density at radius 3 is 2.56 bits per heavy atom. The number of rotatable bonds is 5. The molecule has 0 heterocycles. The van der Waals surface area contributed by atoms with E-state index in [9.17, 15) is 18.5 Å². The summed E-state index contributed by atoms with van der Waals surface area (Å²) >= 11 is 0. The van der Waals surface area contributed by atoms with E-state index < -0.39 is 14.9 Å². The SMILES string of the molecule is CN(CCO)c1cc([N+](=O)[O-])ccc1S(N)(=O)=O. The number of aliphatic hydroxyl groups is 1. The molecule has 0 aliphatic carbocycles. The van der Waals surface area contributed by atoms with E-state index in [1.54, 1.807) is 0 Å². The average Bonchev–Trinajstić information content (AvgIpc) is 2.27. The predicted molar refractivity (Wildman–Crippen MR) is 64.8 cm³/mol. The van der Waals surface area contributed by atoms with Crippen molar-refractivity contribution in [1.82, 2.24) is 0 Å². The largest absolute Gasteiger partial charge is 0.395 e. The highest BCUT2D eigenvalue weighted by Gasteiger charge is 2.20. The van der Waals surface area contributed by atoms with Gasteiger partial charge in [0.1, 0.15) is 4.90 Å². The number of nitro groups is 1. The topological polar surface area (TPSA) is 127 Å². The maximum absolute atomic E-state index is 11.4. The minimum absolute atomic E-state index is 0.0840. The number of anilines is 1. The summed E-state index contributed by atoms with van der Waals surface area (Å²) in [6.45, 7) is -0.0903. The van der Waals surface area contributed by atoms with Crippen LogP contribution in [0.25, 0.3) is 0 Å². The van der Waals surface area contributed by atoms with E-state index in [2.05, 4.69) is 0 Å². The fourth-order valence-corrected chi connectivity index (χ4v) is 2.19. The van der Waals surface area contributed by atoms with Crippen LogP contribution in [0.15, 0.2) is 23.1 Å². The Kier molecular flexibility index (Phi) is 4.22. The van der Waals surface area contributed by atoms with E-state index >= 15 is 0 Å². The zero-order chi connectivity index (χ0) is 13.9. The predicted octanol–water partition coefficient (Wildman–Crippen LogP) is -0.329. The van der Waals surface area contributed by atoms with Gasteiger partial charge in [-0.2, -0.15) is 0 Å². The first-order chi connectivity index (χ1) is 8.27. The van der Waals surface area contributed by atoms with E-state index in [0.29, 0.717) is 0 Å². The van der Waals surface area contributed by atoms with Gasteiger partial charge in [-0.05, 0) is 6.07 Å². The lowest BCUT2D eigenvalue weighted by atomic mass is 10.2. The fraction of sp³-hybridized carbons (Fsp3) is 0.333. The monoisotopic (exact) mass is 275 g/mol. The lowest BCUT2D eigenvalue weighted by Crippen LogP contribution is -2.25. The number of sulfonamides is 1. The number of nitrogens with two attached hydrogens (primary N) is 1. The maximum Gasteiger partial charge on any atom is 0.271 e. The molecule has 0 bridgehead atoms. The number of nitro benzene ring substituents is 1. The van der Waals surface area contributed by atoms with E-state index in [0.717, 1.165) is 18.2 Å². The number of hydrogen-bond acceptors (Lipinski definition) is 6. The minimum Gasteiger partial charge on any atom is -0.395 e. The molecule has 1 aromatic carbocycles. The molecule has 0 unspecified atom stereocenters. The second kappa shape index (κ2) is 5.29. The maximum atomic E-state index is 11.4. The van der Waals surface area contributed by atoms with Crippen LogP contribution in [0.3, 0.4) is 0 Å². The van der Waals surface area contributed by atoms with Gasteiger partial charge in [0.05, 0.1) is 17.2 Å². The van der Waals surface area contributed by atoms with Crippen LogP contribution in [0.1, 0.15) is 0 Å². The first-order valence-electron chi connectivity index (χ1n) is 4.90. The summed E-state index contributed by atoms with van der Waals surface area (Å²) in [6.07, 6.45) is 0. The summed E-state index contributed by atoms with van der Waals surface area (Å²) in [5.41, 5.74) is -0.164. The van der Waals surface area contributed by atoms with Gasteiger partial charge in [-0.25, -0.2) is 13.6 Å². The number of benzene rings is 1. The number of non-ortho nitro benzene ring substituents is 1. The van der Waals surface area contributed by atoms with Crippen LogP contribution in [0, 0.1) is 10.1 Å². The lowest BCUT2D eigenvalue weighted by molar-refractivity contribution is -0.384. The van der Waals surface area contributed by atoms with Gasteiger partial charge >= 0.3 is 0 Å². The molecule has 1 aromatic rings. The summed E-state index contributed by atoms with van der Waals surface area (Å²) in [4.78, 5) is 11.2. The smallest absolute Gasteiger partial charge is 0.271 e. The van der Waals surface area contributed by atoms with Crippen molar-refractivity contribution in [2.75, 3.05) is 25.1 Å². The van der Waals surface area contributed by atoms with Gasteiger partial charge in [0.25, 0.3) is 5.69 Å². The molecule has 3 N–H and O–H groups in total. The van der Waals surface area contributed by atoms with Crippen molar-refractivity contribution in [1.29, 1.82) is 0 Å². The van der Waals surface area contributed by atoms with Gasteiger partial charge in [0, 0.05) is 25.7 Å². The quantitative estimate of drug-likeness (QED) is 0.559. The molecule has 0 spiro atoms. The normalized spacial score (nSPS) is 11.3. The molecule has 0 aliphatic rings. The average molecular weight is 275 g/mol. The Balaban J connectivity index is 3.40. The summed E-state index contributed by atoms with van der Waals surface area (Å²) in [7, 11) is -2.48. The number of primary sulfonamides is 1. The molecule has 0 amide bonds. The molecule has 0 saturated heterocycles. The van der Waals surface area contributed by atoms with Crippen molar-refractivity contribution in [3.8, 4) is 0 Å². The Bertz CT molecular complexity index is 557. The highest BCUT2D eigenvalue weighted by atomic mass is 32.2. The van der Waals surface area contributed by atoms with Crippen LogP contribution in [-0.2, 0) is 10.0 Å². The van der Waals surface area contributed by atoms with E-state index in [4.69, 9.17) is 10.2 Å². The van der Waals surface area contributed by atoms with E-state index in [1.165, 1.54) is 11.9 Å². The molecule has 100 valence electrons. The summed E-state index contributed by atoms with van der Waals surface area (Å²) in [5.74, 6) is 0. The molecular weight excluding hydrogens is 262 g/mol. The molecule has 8 nitrogen and oxygen atoms in total. The standard InChI is InChI=1S/C9H13N3O5S/c1-11(4-5-13)8-6-7(12(14)15)2-3-9(8)18(10,16)17/h2-3,6,13H,4-5H2,1H3,(H2,10,16,17). The molecule has 0 aliphatic heterocycles. The van der Waals surface area contributed by atoms with Gasteiger partial charge in [-0.3, -0.25) is 10.1 Å². The van der Waals surface area contributed by atoms with Crippen molar-refractivity contribution in [2.24, 2.45) is 5.14 Å². The summed E-state index contributed by atoms with van der Waals surface area (Å²) in [6, 6.07) is 3.25. The minimum atomic E-state index is -3.99. The first kappa shape index (κ1) is 14.4. The van der Waals surface area contributed by atoms with Gasteiger partial charge in [-0.15, -0.1) is 0 Å². The van der Waals surface area contributed by atoms with Crippen molar-refractivity contribution in [3.05, 3.63) is 28.3 Å². The Labute approximate surface area is 104 Å². The Morgan fingerprint density at radius 1 is 1.50 bits per heavy atom. The van der Waals surface area contributed by atoms with Crippen LogP contribution in [-0.4, -0.2) is 38.6 Å². The van der Waals surface area contributed by atoms with Crippen LogP contribution in [0.2, 0.25) is 0 Å². The molecule has 0 saturated carbocycles. The number of nitrogens with zero attached hydrogens (tertiary/aromatic N) is 2. The third-order valence-electron chi connectivity index (χ3n) is 2.31. The zero-order valence-electron chi connectivity index (χ0n) is 9.61. The second-order valence-electron chi connectivity index (χ2n) is 3.60. The number of hydrogen-bond donors (Lipinski definition) is 2. The summed E-state index contributed by atoms with van der Waals surface area (Å²) in [5, 5.41) is 24.5. The molecule has 18 heavy (non-hydrogen) atoms. The third-order valence-corrected chi connectivity index (χ3v) is 3.26. The van der Waals surface area contributed by atoms with Crippen LogP contribution >= 0.6 is 0 Å². The van der Waals surface area contributed by atoms with Crippen molar-refractivity contribution < 1.29 is 18.4 Å². The number of likely N-dealkylation sites (N-methyl/N-ethyl adjacent to an activating group) is 1. The first-order valence-corrected chi connectivity index (χ1v) is 6.45. The molecule has 1 rings (SSSR count). The van der Waals surface area contributed by atoms with Crippen molar-refractivity contribution in [3.63, 3.8) is 0 Å². The fourth-order valence-electron chi connectivity index (χ4n) is 1.43. The Hall–Kier alpha value is -1.71. The molecular formula is C9H13N3O5S. The second-order valence-corrected chi connectivity index (χ2v) is 5.13. The summed E-state index contributed by atoms with van der Waals surface area (Å²) < 4.78 is 22.7. The lowest BCUT2D eigenvalue weighted by Gasteiger charge is -2.20. The van der Waals surface area contributed by atoms with Crippen molar-refractivity contribution >= 4 is 21.4 Å². The molecule has 0 atom stereocenters. The van der Waals surface area contributed by atoms with Gasteiger partial charge in [0.15, 0.2) is 0 Å². The van der Waals surface area contributed by atoms with Crippen LogP contribution in [0.4, 0.5) is 11.4 Å². The van der Waals surface area contributed by atoms with Crippen molar-refractivity contribution in [2.45, 2.75) is 4.90 Å². The van der Waals surface area contributed by atoms with Gasteiger partial charge in [0.2, 0.25) is 10.0 Å². The molecule has 9 heteroatoms. The van der Waals surface area contributed by atoms with Gasteiger partial charge in [-0.1, -0.05) is 0 Å². The number of aliphatic hydroxyl groups excluding tert-OH is 1. The zero-order valence-corrected chi connectivity index (χ0v) is 10.4. The molecule has 0 aromatic heterocycles. The van der Waals surface area contributed by atoms with E-state index in [-0.39, 0.29) is 29.4 Å². The van der Waals surface area contributed by atoms with Gasteiger partial charge < -0.3 is 10.0 Å². The molecule has 0 radical (unpaired) electrons.